The zero-order chi connectivity index (χ0) is 24.0. The lowest BCUT2D eigenvalue weighted by Crippen LogP contribution is -2.48. The molecule has 0 saturated carbocycles. The molecule has 2 aromatic heterocycles. The predicted octanol–water partition coefficient (Wildman–Crippen LogP) is 3.87. The first-order valence-corrected chi connectivity index (χ1v) is 13.0. The zero-order valence-corrected chi connectivity index (χ0v) is 21.0. The summed E-state index contributed by atoms with van der Waals surface area (Å²) >= 11 is 1.61. The van der Waals surface area contributed by atoms with Crippen LogP contribution < -0.4 is 10.6 Å². The molecule has 0 unspecified atom stereocenters. The van der Waals surface area contributed by atoms with Crippen LogP contribution in [0.2, 0.25) is 0 Å². The Balaban J connectivity index is 1.50. The highest BCUT2D eigenvalue weighted by Crippen LogP contribution is 2.35. The van der Waals surface area contributed by atoms with E-state index in [1.807, 2.05) is 41.2 Å². The lowest BCUT2D eigenvalue weighted by molar-refractivity contribution is -0.130. The summed E-state index contributed by atoms with van der Waals surface area (Å²) in [5.74, 6) is 2.26. The van der Waals surface area contributed by atoms with Crippen LogP contribution in [0.1, 0.15) is 39.2 Å². The van der Waals surface area contributed by atoms with Gasteiger partial charge in [-0.05, 0) is 30.1 Å². The summed E-state index contributed by atoms with van der Waals surface area (Å²) in [4.78, 5) is 22.9. The molecule has 4 rings (SSSR count). The summed E-state index contributed by atoms with van der Waals surface area (Å²) in [6.45, 7) is 9.44. The smallest absolute Gasteiger partial charge is 0.230 e. The van der Waals surface area contributed by atoms with E-state index in [0.717, 1.165) is 39.9 Å². The summed E-state index contributed by atoms with van der Waals surface area (Å²) < 4.78 is 7.43. The lowest BCUT2D eigenvalue weighted by atomic mass is 9.73. The van der Waals surface area contributed by atoms with Crippen LogP contribution in [0.25, 0.3) is 11.0 Å². The van der Waals surface area contributed by atoms with Crippen molar-refractivity contribution in [2.45, 2.75) is 50.7 Å². The van der Waals surface area contributed by atoms with Gasteiger partial charge in [0.2, 0.25) is 5.91 Å². The molecule has 1 amide bonds. The molecular formula is C25H34N6O2S. The van der Waals surface area contributed by atoms with Crippen molar-refractivity contribution in [3.63, 3.8) is 0 Å². The molecule has 0 bridgehead atoms. The van der Waals surface area contributed by atoms with Gasteiger partial charge in [0.1, 0.15) is 5.82 Å². The van der Waals surface area contributed by atoms with E-state index in [4.69, 9.17) is 14.7 Å². The monoisotopic (exact) mass is 482 g/mol. The Labute approximate surface area is 205 Å². The normalized spacial score (nSPS) is 15.5. The summed E-state index contributed by atoms with van der Waals surface area (Å²) in [5, 5.41) is 12.8. The van der Waals surface area contributed by atoms with Crippen LogP contribution in [0.4, 0.5) is 5.82 Å². The van der Waals surface area contributed by atoms with E-state index in [9.17, 15) is 4.79 Å². The van der Waals surface area contributed by atoms with Crippen LogP contribution in [-0.2, 0) is 21.5 Å². The maximum absolute atomic E-state index is 13.4. The van der Waals surface area contributed by atoms with Crippen LogP contribution in [0, 0.1) is 5.92 Å². The van der Waals surface area contributed by atoms with E-state index < -0.39 is 5.41 Å². The van der Waals surface area contributed by atoms with Crippen molar-refractivity contribution in [1.82, 2.24) is 25.1 Å². The number of nitrogens with one attached hydrogen (secondary N) is 2. The number of amides is 1. The first-order valence-electron chi connectivity index (χ1n) is 12.1. The Hall–Kier alpha value is -2.65. The molecule has 0 atom stereocenters. The fourth-order valence-electron chi connectivity index (χ4n) is 4.30. The molecule has 3 heterocycles. The van der Waals surface area contributed by atoms with Gasteiger partial charge in [0.05, 0.1) is 23.5 Å². The van der Waals surface area contributed by atoms with E-state index in [0.29, 0.717) is 45.1 Å². The fourth-order valence-corrected chi connectivity index (χ4v) is 4.86. The summed E-state index contributed by atoms with van der Waals surface area (Å²) in [6.07, 6.45) is 3.18. The number of carbonyl (C=O) groups is 1. The van der Waals surface area contributed by atoms with Crippen molar-refractivity contribution >= 4 is 34.5 Å². The van der Waals surface area contributed by atoms with Gasteiger partial charge in [0.15, 0.2) is 10.8 Å². The second kappa shape index (κ2) is 11.2. The zero-order valence-electron chi connectivity index (χ0n) is 20.2. The Morgan fingerprint density at radius 2 is 1.97 bits per heavy atom. The standard InChI is InChI=1S/C25H34N6O2S/c1-4-34-24-29-21(27-16-18(2)3)20-17-28-31(22(20)30-24)13-12-26-23(32)25(10-14-33-15-11-25)19-8-6-5-7-9-19/h5-9,17-18H,4,10-16H2,1-3H3,(H,26,32)(H,27,29,30). The highest BCUT2D eigenvalue weighted by Gasteiger charge is 2.41. The van der Waals surface area contributed by atoms with Gasteiger partial charge in [0, 0.05) is 26.3 Å². The number of carbonyl (C=O) groups excluding carboxylic acids is 1. The third-order valence-electron chi connectivity index (χ3n) is 6.14. The van der Waals surface area contributed by atoms with Gasteiger partial charge >= 0.3 is 0 Å². The molecule has 1 saturated heterocycles. The van der Waals surface area contributed by atoms with Crippen molar-refractivity contribution in [2.75, 3.05) is 37.4 Å². The molecule has 2 N–H and O–H groups in total. The van der Waals surface area contributed by atoms with Crippen molar-refractivity contribution in [3.05, 3.63) is 42.1 Å². The number of anilines is 1. The van der Waals surface area contributed by atoms with E-state index >= 15 is 0 Å². The second-order valence-corrected chi connectivity index (χ2v) is 10.2. The van der Waals surface area contributed by atoms with Crippen molar-refractivity contribution in [1.29, 1.82) is 0 Å². The lowest BCUT2D eigenvalue weighted by Gasteiger charge is -2.36. The Morgan fingerprint density at radius 1 is 1.21 bits per heavy atom. The fraction of sp³-hybridized carbons (Fsp3) is 0.520. The summed E-state index contributed by atoms with van der Waals surface area (Å²) in [5.41, 5.74) is 1.29. The van der Waals surface area contributed by atoms with E-state index in [1.54, 1.807) is 11.8 Å². The summed E-state index contributed by atoms with van der Waals surface area (Å²) in [7, 11) is 0. The van der Waals surface area contributed by atoms with Gasteiger partial charge in [-0.25, -0.2) is 14.6 Å². The largest absolute Gasteiger partial charge is 0.381 e. The first kappa shape index (κ1) is 24.5. The highest BCUT2D eigenvalue weighted by atomic mass is 32.2. The number of thioether (sulfide) groups is 1. The van der Waals surface area contributed by atoms with E-state index in [1.165, 1.54) is 0 Å². The molecule has 1 aromatic carbocycles. The third-order valence-corrected chi connectivity index (χ3v) is 6.87. The van der Waals surface area contributed by atoms with Gasteiger partial charge in [-0.15, -0.1) is 0 Å². The highest BCUT2D eigenvalue weighted by molar-refractivity contribution is 7.99. The van der Waals surface area contributed by atoms with Crippen molar-refractivity contribution < 1.29 is 9.53 Å². The number of ether oxygens (including phenoxy) is 1. The van der Waals surface area contributed by atoms with Crippen LogP contribution in [0.3, 0.4) is 0 Å². The Bertz CT molecular complexity index is 1100. The van der Waals surface area contributed by atoms with Gasteiger partial charge in [0.25, 0.3) is 0 Å². The Morgan fingerprint density at radius 3 is 2.68 bits per heavy atom. The molecule has 9 heteroatoms. The number of aromatic nitrogens is 4. The van der Waals surface area contributed by atoms with E-state index in [-0.39, 0.29) is 5.91 Å². The van der Waals surface area contributed by atoms with Gasteiger partial charge in [-0.1, -0.05) is 62.9 Å². The van der Waals surface area contributed by atoms with Crippen molar-refractivity contribution in [3.8, 4) is 0 Å². The molecule has 1 aliphatic rings. The van der Waals surface area contributed by atoms with Gasteiger partial charge in [-0.3, -0.25) is 4.79 Å². The average molecular weight is 483 g/mol. The van der Waals surface area contributed by atoms with Crippen LogP contribution in [0.15, 0.2) is 41.7 Å². The molecule has 182 valence electrons. The summed E-state index contributed by atoms with van der Waals surface area (Å²) in [6, 6.07) is 10.1. The third kappa shape index (κ3) is 5.36. The number of benzene rings is 1. The van der Waals surface area contributed by atoms with Crippen LogP contribution in [0.5, 0.6) is 0 Å². The molecule has 34 heavy (non-hydrogen) atoms. The number of rotatable bonds is 10. The van der Waals surface area contributed by atoms with Gasteiger partial charge in [-0.2, -0.15) is 5.10 Å². The quantitative estimate of drug-likeness (QED) is 0.335. The Kier molecular flexibility index (Phi) is 8.05. The van der Waals surface area contributed by atoms with Crippen LogP contribution >= 0.6 is 11.8 Å². The molecular weight excluding hydrogens is 448 g/mol. The number of hydrogen-bond acceptors (Lipinski definition) is 7. The van der Waals surface area contributed by atoms with E-state index in [2.05, 4.69) is 36.5 Å². The number of fused-ring (bicyclic) bond motifs is 1. The van der Waals surface area contributed by atoms with Crippen LogP contribution in [-0.4, -0.2) is 57.7 Å². The SMILES string of the molecule is CCSc1nc(NCC(C)C)c2cnn(CCNC(=O)C3(c4ccccc4)CCOCC3)c2n1. The molecule has 1 aliphatic heterocycles. The minimum absolute atomic E-state index is 0.0506. The molecule has 3 aromatic rings. The topological polar surface area (TPSA) is 94.0 Å². The molecule has 0 radical (unpaired) electrons. The number of hydrogen-bond donors (Lipinski definition) is 2. The molecule has 8 nitrogen and oxygen atoms in total. The minimum Gasteiger partial charge on any atom is -0.381 e. The molecule has 0 spiro atoms. The maximum Gasteiger partial charge on any atom is 0.230 e. The maximum atomic E-state index is 13.4. The first-order chi connectivity index (χ1) is 16.5. The van der Waals surface area contributed by atoms with Gasteiger partial charge < -0.3 is 15.4 Å². The average Bonchev–Trinajstić information content (AvgIpc) is 3.26. The number of nitrogens with zero attached hydrogens (tertiary/aromatic N) is 4. The predicted molar refractivity (Wildman–Crippen MR) is 136 cm³/mol. The van der Waals surface area contributed by atoms with Crippen molar-refractivity contribution in [2.24, 2.45) is 5.92 Å². The second-order valence-electron chi connectivity index (χ2n) is 8.98. The molecule has 0 aliphatic carbocycles. The molecule has 1 fully saturated rings. The minimum atomic E-state index is -0.549.